The zero-order chi connectivity index (χ0) is 13.0. The number of pyridine rings is 1. The predicted molar refractivity (Wildman–Crippen MR) is 57.9 cm³/mol. The van der Waals surface area contributed by atoms with Gasteiger partial charge in [-0.25, -0.2) is 8.78 Å². The van der Waals surface area contributed by atoms with Crippen LogP contribution < -0.4 is 0 Å². The minimum Gasteiger partial charge on any atom is -0.481 e. The number of aliphatic carboxylic acids is 1. The number of aromatic nitrogens is 1. The molecule has 0 aromatic carbocycles. The molecule has 0 bridgehead atoms. The number of rotatable bonds is 4. The Balaban J connectivity index is 3.42. The van der Waals surface area contributed by atoms with E-state index in [4.69, 9.17) is 10.4 Å². The molecule has 7 heteroatoms. The van der Waals surface area contributed by atoms with E-state index in [1.54, 1.807) is 6.07 Å². The number of carboxylic acids is 1. The van der Waals surface area contributed by atoms with Crippen LogP contribution in [0.3, 0.4) is 0 Å². The number of nitrogens with zero attached hydrogens (tertiary/aromatic N) is 2. The molecule has 0 radical (unpaired) electrons. The van der Waals surface area contributed by atoms with Gasteiger partial charge in [0.2, 0.25) is 0 Å². The maximum Gasteiger partial charge on any atom is 0.307 e. The number of carboxylic acid groups (broad SMARTS) is 1. The smallest absolute Gasteiger partial charge is 0.307 e. The van der Waals surface area contributed by atoms with E-state index >= 15 is 0 Å². The number of nitriles is 1. The maximum atomic E-state index is 12.7. The SMILES string of the molecule is N#Cc1cc(CBr)nc(C(F)F)c1CC(=O)O. The minimum absolute atomic E-state index is 0.0767. The molecule has 90 valence electrons. The summed E-state index contributed by atoms with van der Waals surface area (Å²) in [4.78, 5) is 14.2. The van der Waals surface area contributed by atoms with E-state index in [1.807, 2.05) is 0 Å². The molecule has 0 aliphatic rings. The third-order valence-electron chi connectivity index (χ3n) is 2.00. The molecule has 1 heterocycles. The Labute approximate surface area is 104 Å². The summed E-state index contributed by atoms with van der Waals surface area (Å²) >= 11 is 3.05. The van der Waals surface area contributed by atoms with Crippen molar-refractivity contribution in [1.82, 2.24) is 4.98 Å². The second-order valence-corrected chi connectivity index (χ2v) is 3.70. The second kappa shape index (κ2) is 5.68. The fourth-order valence-electron chi connectivity index (χ4n) is 1.33. The van der Waals surface area contributed by atoms with Crippen molar-refractivity contribution in [3.05, 3.63) is 28.6 Å². The number of hydrogen-bond donors (Lipinski definition) is 1. The molecule has 0 fully saturated rings. The van der Waals surface area contributed by atoms with E-state index in [0.29, 0.717) is 0 Å². The second-order valence-electron chi connectivity index (χ2n) is 3.14. The summed E-state index contributed by atoms with van der Waals surface area (Å²) < 4.78 is 25.5. The third kappa shape index (κ3) is 3.20. The highest BCUT2D eigenvalue weighted by Gasteiger charge is 2.21. The Kier molecular flexibility index (Phi) is 4.52. The number of alkyl halides is 3. The summed E-state index contributed by atoms with van der Waals surface area (Å²) in [5.74, 6) is -1.28. The molecule has 0 saturated heterocycles. The van der Waals surface area contributed by atoms with Gasteiger partial charge in [-0.05, 0) is 6.07 Å². The summed E-state index contributed by atoms with van der Waals surface area (Å²) in [6.07, 6.45) is -3.55. The first kappa shape index (κ1) is 13.5. The molecule has 0 aliphatic heterocycles. The van der Waals surface area contributed by atoms with Crippen LogP contribution in [0.15, 0.2) is 6.07 Å². The van der Waals surface area contributed by atoms with Gasteiger partial charge in [-0.3, -0.25) is 9.78 Å². The lowest BCUT2D eigenvalue weighted by molar-refractivity contribution is -0.136. The van der Waals surface area contributed by atoms with E-state index in [1.165, 1.54) is 6.07 Å². The number of hydrogen-bond acceptors (Lipinski definition) is 3. The maximum absolute atomic E-state index is 12.7. The van der Waals surface area contributed by atoms with Gasteiger partial charge in [0.15, 0.2) is 0 Å². The zero-order valence-electron chi connectivity index (χ0n) is 8.45. The molecule has 1 aromatic heterocycles. The quantitative estimate of drug-likeness (QED) is 0.867. The zero-order valence-corrected chi connectivity index (χ0v) is 10.0. The Morgan fingerprint density at radius 2 is 2.29 bits per heavy atom. The van der Waals surface area contributed by atoms with Crippen molar-refractivity contribution in [2.45, 2.75) is 18.2 Å². The fourth-order valence-corrected chi connectivity index (χ4v) is 1.62. The van der Waals surface area contributed by atoms with Crippen molar-refractivity contribution in [3.8, 4) is 6.07 Å². The van der Waals surface area contributed by atoms with Gasteiger partial charge < -0.3 is 5.11 Å². The standard InChI is InChI=1S/C10H7BrF2N2O2/c11-3-6-1-5(4-14)7(2-8(16)17)9(15-6)10(12)13/h1,10H,2-3H2,(H,16,17). The monoisotopic (exact) mass is 304 g/mol. The highest BCUT2D eigenvalue weighted by Crippen LogP contribution is 2.25. The van der Waals surface area contributed by atoms with Crippen molar-refractivity contribution in [1.29, 1.82) is 5.26 Å². The molecular formula is C10H7BrF2N2O2. The largest absolute Gasteiger partial charge is 0.481 e. The van der Waals surface area contributed by atoms with Crippen molar-refractivity contribution in [2.75, 3.05) is 0 Å². The Hall–Kier alpha value is -1.55. The summed E-state index contributed by atoms with van der Waals surface area (Å²) in [6.45, 7) is 0. The van der Waals surface area contributed by atoms with Crippen molar-refractivity contribution < 1.29 is 18.7 Å². The number of carbonyl (C=O) groups is 1. The molecule has 0 aliphatic carbocycles. The van der Waals surface area contributed by atoms with Crippen LogP contribution in [-0.2, 0) is 16.5 Å². The van der Waals surface area contributed by atoms with Crippen molar-refractivity contribution >= 4 is 21.9 Å². The van der Waals surface area contributed by atoms with Gasteiger partial charge in [0.1, 0.15) is 5.69 Å². The molecule has 1 aromatic rings. The number of halogens is 3. The first-order valence-electron chi connectivity index (χ1n) is 4.48. The molecule has 0 atom stereocenters. The van der Waals surface area contributed by atoms with Gasteiger partial charge in [-0.2, -0.15) is 5.26 Å². The van der Waals surface area contributed by atoms with Crippen molar-refractivity contribution in [2.24, 2.45) is 0 Å². The third-order valence-corrected chi connectivity index (χ3v) is 2.58. The van der Waals surface area contributed by atoms with E-state index in [2.05, 4.69) is 20.9 Å². The first-order chi connectivity index (χ1) is 7.99. The van der Waals surface area contributed by atoms with Crippen molar-refractivity contribution in [3.63, 3.8) is 0 Å². The highest BCUT2D eigenvalue weighted by atomic mass is 79.9. The lowest BCUT2D eigenvalue weighted by Crippen LogP contribution is -2.10. The molecule has 0 amide bonds. The molecule has 1 rings (SSSR count). The van der Waals surface area contributed by atoms with Crippen LogP contribution in [0.5, 0.6) is 0 Å². The molecule has 0 unspecified atom stereocenters. The Morgan fingerprint density at radius 1 is 1.65 bits per heavy atom. The molecular weight excluding hydrogens is 298 g/mol. The molecule has 17 heavy (non-hydrogen) atoms. The van der Waals surface area contributed by atoms with Gasteiger partial charge in [0.05, 0.1) is 23.7 Å². The van der Waals surface area contributed by atoms with E-state index in [9.17, 15) is 13.6 Å². The lowest BCUT2D eigenvalue weighted by Gasteiger charge is -2.09. The van der Waals surface area contributed by atoms with Crippen LogP contribution >= 0.6 is 15.9 Å². The minimum atomic E-state index is -2.91. The van der Waals surface area contributed by atoms with Crippen LogP contribution in [0.1, 0.15) is 28.9 Å². The molecule has 0 saturated carbocycles. The predicted octanol–water partition coefficient (Wildman–Crippen LogP) is 2.41. The first-order valence-corrected chi connectivity index (χ1v) is 5.60. The van der Waals surface area contributed by atoms with Crippen LogP contribution in [0.25, 0.3) is 0 Å². The van der Waals surface area contributed by atoms with Gasteiger partial charge in [-0.15, -0.1) is 0 Å². The summed E-state index contributed by atoms with van der Waals surface area (Å²) in [5.41, 5.74) is -0.668. The highest BCUT2D eigenvalue weighted by molar-refractivity contribution is 9.08. The van der Waals surface area contributed by atoms with Gasteiger partial charge in [0.25, 0.3) is 6.43 Å². The van der Waals surface area contributed by atoms with Crippen LogP contribution in [0, 0.1) is 11.3 Å². The molecule has 0 spiro atoms. The molecule has 1 N–H and O–H groups in total. The summed E-state index contributed by atoms with van der Waals surface area (Å²) in [6, 6.07) is 3.02. The van der Waals surface area contributed by atoms with Crippen LogP contribution in [-0.4, -0.2) is 16.1 Å². The van der Waals surface area contributed by atoms with Crippen LogP contribution in [0.4, 0.5) is 8.78 Å². The van der Waals surface area contributed by atoms with E-state index in [0.717, 1.165) is 0 Å². The summed E-state index contributed by atoms with van der Waals surface area (Å²) in [7, 11) is 0. The van der Waals surface area contributed by atoms with Gasteiger partial charge in [0, 0.05) is 10.9 Å². The average molecular weight is 305 g/mol. The van der Waals surface area contributed by atoms with Crippen LogP contribution in [0.2, 0.25) is 0 Å². The molecule has 4 nitrogen and oxygen atoms in total. The fraction of sp³-hybridized carbons (Fsp3) is 0.300. The van der Waals surface area contributed by atoms with Gasteiger partial charge in [-0.1, -0.05) is 15.9 Å². The van der Waals surface area contributed by atoms with E-state index < -0.39 is 24.5 Å². The Bertz CT molecular complexity index is 486. The lowest BCUT2D eigenvalue weighted by atomic mass is 10.0. The topological polar surface area (TPSA) is 74.0 Å². The average Bonchev–Trinajstić information content (AvgIpc) is 2.28. The van der Waals surface area contributed by atoms with E-state index in [-0.39, 0.29) is 22.2 Å². The summed E-state index contributed by atoms with van der Waals surface area (Å²) in [5, 5.41) is 17.7. The normalized spacial score (nSPS) is 10.3. The Morgan fingerprint density at radius 3 is 2.71 bits per heavy atom. The van der Waals surface area contributed by atoms with Gasteiger partial charge >= 0.3 is 5.97 Å².